The van der Waals surface area contributed by atoms with E-state index in [9.17, 15) is 5.11 Å². The van der Waals surface area contributed by atoms with Crippen LogP contribution in [0.25, 0.3) is 0 Å². The highest BCUT2D eigenvalue weighted by Gasteiger charge is 2.24. The molecule has 0 amide bonds. The molecule has 1 aliphatic rings. The van der Waals surface area contributed by atoms with Gasteiger partial charge in [0.2, 0.25) is 0 Å². The van der Waals surface area contributed by atoms with E-state index in [0.717, 1.165) is 25.1 Å². The molecule has 0 saturated carbocycles. The van der Waals surface area contributed by atoms with Gasteiger partial charge in [-0.05, 0) is 31.0 Å². The summed E-state index contributed by atoms with van der Waals surface area (Å²) in [5, 5.41) is 14.6. The molecule has 5 heteroatoms. The lowest BCUT2D eigenvalue weighted by Crippen LogP contribution is -2.46. The number of hydrogen-bond acceptors (Lipinski definition) is 4. The number of aromatic nitrogens is 2. The van der Waals surface area contributed by atoms with Crippen LogP contribution in [0.5, 0.6) is 0 Å². The quantitative estimate of drug-likeness (QED) is 0.807. The Morgan fingerprint density at radius 2 is 2.08 bits per heavy atom. The van der Waals surface area contributed by atoms with E-state index in [1.165, 1.54) is 12.8 Å². The second-order valence-electron chi connectivity index (χ2n) is 6.53. The van der Waals surface area contributed by atoms with Crippen molar-refractivity contribution >= 4 is 0 Å². The third-order valence-corrected chi connectivity index (χ3v) is 4.57. The van der Waals surface area contributed by atoms with Crippen LogP contribution in [-0.4, -0.2) is 51.6 Å². The predicted molar refractivity (Wildman–Crippen MR) is 93.5 cm³/mol. The zero-order chi connectivity index (χ0) is 16.6. The molecule has 0 aliphatic carbocycles. The molecule has 0 bridgehead atoms. The van der Waals surface area contributed by atoms with Gasteiger partial charge in [-0.15, -0.1) is 0 Å². The molecular formula is C19H27N3O2. The standard InChI is InChI=1S/C19H27N3O2/c23-19(16-24-15-17-7-2-1-3-8-17)14-21-11-5-4-9-18(21)13-22-12-6-10-20-22/h1-3,6-8,10,12,18-19,23H,4-5,9,11,13-16H2. The molecule has 1 aliphatic heterocycles. The number of β-amino-alcohol motifs (C(OH)–C–C–N with tert-alkyl or cyclic N) is 1. The van der Waals surface area contributed by atoms with Gasteiger partial charge in [0.15, 0.2) is 0 Å². The molecule has 1 aromatic carbocycles. The van der Waals surface area contributed by atoms with Crippen molar-refractivity contribution in [1.29, 1.82) is 0 Å². The SMILES string of the molecule is OC(COCc1ccccc1)CN1CCCCC1Cn1cccn1. The van der Waals surface area contributed by atoms with Crippen LogP contribution >= 0.6 is 0 Å². The number of aliphatic hydroxyl groups is 1. The zero-order valence-electron chi connectivity index (χ0n) is 14.1. The minimum absolute atomic E-state index is 0.375. The highest BCUT2D eigenvalue weighted by Crippen LogP contribution is 2.18. The van der Waals surface area contributed by atoms with Crippen LogP contribution in [-0.2, 0) is 17.9 Å². The van der Waals surface area contributed by atoms with E-state index >= 15 is 0 Å². The van der Waals surface area contributed by atoms with Gasteiger partial charge in [0.05, 0.1) is 25.9 Å². The number of likely N-dealkylation sites (tertiary alicyclic amines) is 1. The van der Waals surface area contributed by atoms with Crippen LogP contribution in [0.4, 0.5) is 0 Å². The van der Waals surface area contributed by atoms with E-state index in [0.29, 0.717) is 25.8 Å². The third-order valence-electron chi connectivity index (χ3n) is 4.57. The Bertz CT molecular complexity index is 574. The van der Waals surface area contributed by atoms with Gasteiger partial charge >= 0.3 is 0 Å². The summed E-state index contributed by atoms with van der Waals surface area (Å²) in [6, 6.07) is 12.5. The first kappa shape index (κ1) is 17.1. The second-order valence-corrected chi connectivity index (χ2v) is 6.53. The van der Waals surface area contributed by atoms with Crippen molar-refractivity contribution < 1.29 is 9.84 Å². The fourth-order valence-electron chi connectivity index (χ4n) is 3.34. The van der Waals surface area contributed by atoms with Gasteiger partial charge in [0.25, 0.3) is 0 Å². The lowest BCUT2D eigenvalue weighted by molar-refractivity contribution is -0.00570. The first-order valence-corrected chi connectivity index (χ1v) is 8.82. The van der Waals surface area contributed by atoms with Crippen molar-refractivity contribution in [2.24, 2.45) is 0 Å². The smallest absolute Gasteiger partial charge is 0.0900 e. The Balaban J connectivity index is 1.44. The first-order valence-electron chi connectivity index (χ1n) is 8.82. The van der Waals surface area contributed by atoms with Gasteiger partial charge in [-0.1, -0.05) is 36.8 Å². The van der Waals surface area contributed by atoms with Crippen LogP contribution in [0.3, 0.4) is 0 Å². The summed E-state index contributed by atoms with van der Waals surface area (Å²) in [6.07, 6.45) is 6.99. The number of piperidine rings is 1. The number of nitrogens with zero attached hydrogens (tertiary/aromatic N) is 3. The van der Waals surface area contributed by atoms with Gasteiger partial charge in [0, 0.05) is 25.0 Å². The van der Waals surface area contributed by atoms with E-state index in [4.69, 9.17) is 4.74 Å². The van der Waals surface area contributed by atoms with E-state index in [1.807, 2.05) is 53.5 Å². The fourth-order valence-corrected chi connectivity index (χ4v) is 3.34. The summed E-state index contributed by atoms with van der Waals surface area (Å²) >= 11 is 0. The molecule has 2 heterocycles. The van der Waals surface area contributed by atoms with Gasteiger partial charge < -0.3 is 9.84 Å². The van der Waals surface area contributed by atoms with Gasteiger partial charge in [-0.3, -0.25) is 9.58 Å². The highest BCUT2D eigenvalue weighted by atomic mass is 16.5. The molecule has 1 N–H and O–H groups in total. The molecule has 1 fully saturated rings. The maximum Gasteiger partial charge on any atom is 0.0900 e. The van der Waals surface area contributed by atoms with Crippen LogP contribution in [0.15, 0.2) is 48.8 Å². The van der Waals surface area contributed by atoms with Crippen molar-refractivity contribution in [1.82, 2.24) is 14.7 Å². The molecule has 1 saturated heterocycles. The van der Waals surface area contributed by atoms with Crippen molar-refractivity contribution in [3.8, 4) is 0 Å². The molecule has 3 rings (SSSR count). The second kappa shape index (κ2) is 8.97. The van der Waals surface area contributed by atoms with E-state index < -0.39 is 6.10 Å². The van der Waals surface area contributed by atoms with Gasteiger partial charge in [0.1, 0.15) is 0 Å². The van der Waals surface area contributed by atoms with Crippen molar-refractivity contribution in [2.45, 2.75) is 44.6 Å². The molecule has 2 atom stereocenters. The lowest BCUT2D eigenvalue weighted by Gasteiger charge is -2.36. The summed E-state index contributed by atoms with van der Waals surface area (Å²) in [5.74, 6) is 0. The molecule has 2 unspecified atom stereocenters. The number of hydrogen-bond donors (Lipinski definition) is 1. The summed E-state index contributed by atoms with van der Waals surface area (Å²) in [6.45, 7) is 3.53. The van der Waals surface area contributed by atoms with E-state index in [1.54, 1.807) is 0 Å². The van der Waals surface area contributed by atoms with Crippen LogP contribution in [0.1, 0.15) is 24.8 Å². The Labute approximate surface area is 143 Å². The molecule has 130 valence electrons. The highest BCUT2D eigenvalue weighted by molar-refractivity contribution is 5.13. The molecule has 0 radical (unpaired) electrons. The number of ether oxygens (including phenoxy) is 1. The average Bonchev–Trinajstić information content (AvgIpc) is 3.11. The van der Waals surface area contributed by atoms with Crippen molar-refractivity contribution in [3.63, 3.8) is 0 Å². The van der Waals surface area contributed by atoms with Crippen LogP contribution in [0.2, 0.25) is 0 Å². The Kier molecular flexibility index (Phi) is 6.41. The maximum absolute atomic E-state index is 10.3. The summed E-state index contributed by atoms with van der Waals surface area (Å²) in [4.78, 5) is 2.39. The molecule has 5 nitrogen and oxygen atoms in total. The zero-order valence-corrected chi connectivity index (χ0v) is 14.1. The minimum atomic E-state index is -0.452. The largest absolute Gasteiger partial charge is 0.389 e. The number of benzene rings is 1. The number of rotatable bonds is 8. The Morgan fingerprint density at radius 3 is 2.88 bits per heavy atom. The summed E-state index contributed by atoms with van der Waals surface area (Å²) in [5.41, 5.74) is 1.14. The predicted octanol–water partition coefficient (Wildman–Crippen LogP) is 2.32. The summed E-state index contributed by atoms with van der Waals surface area (Å²) in [7, 11) is 0. The van der Waals surface area contributed by atoms with Crippen molar-refractivity contribution in [2.75, 3.05) is 19.7 Å². The molecular weight excluding hydrogens is 302 g/mol. The minimum Gasteiger partial charge on any atom is -0.389 e. The third kappa shape index (κ3) is 5.16. The van der Waals surface area contributed by atoms with Crippen LogP contribution in [0, 0.1) is 0 Å². The number of aliphatic hydroxyl groups excluding tert-OH is 1. The first-order chi connectivity index (χ1) is 11.8. The van der Waals surface area contributed by atoms with E-state index in [-0.39, 0.29) is 0 Å². The average molecular weight is 329 g/mol. The Morgan fingerprint density at radius 1 is 1.21 bits per heavy atom. The van der Waals surface area contributed by atoms with Gasteiger partial charge in [-0.25, -0.2) is 0 Å². The Hall–Kier alpha value is -1.69. The normalized spacial score (nSPS) is 20.1. The van der Waals surface area contributed by atoms with Gasteiger partial charge in [-0.2, -0.15) is 5.10 Å². The van der Waals surface area contributed by atoms with Crippen LogP contribution < -0.4 is 0 Å². The van der Waals surface area contributed by atoms with Crippen molar-refractivity contribution in [3.05, 3.63) is 54.4 Å². The lowest BCUT2D eigenvalue weighted by atomic mass is 10.0. The molecule has 1 aromatic heterocycles. The fraction of sp³-hybridized carbons (Fsp3) is 0.526. The summed E-state index contributed by atoms with van der Waals surface area (Å²) < 4.78 is 7.66. The topological polar surface area (TPSA) is 50.5 Å². The molecule has 24 heavy (non-hydrogen) atoms. The molecule has 2 aromatic rings. The molecule has 0 spiro atoms. The van der Waals surface area contributed by atoms with E-state index in [2.05, 4.69) is 10.00 Å². The monoisotopic (exact) mass is 329 g/mol. The maximum atomic E-state index is 10.3.